The number of nitrogens with two attached hydrogens (primary N) is 1. The maximum absolute atomic E-state index is 16.8. The Balaban J connectivity index is 1.42. The van der Waals surface area contributed by atoms with Crippen LogP contribution in [0.1, 0.15) is 55.1 Å². The second kappa shape index (κ2) is 11.2. The molecule has 3 aliphatic heterocycles. The standard InChI is InChI=1S/C34H29ClF2N4O7/c1-33(2,3)48-32(44)41-11-7-10-22(41)34(16-8-5-4-6-9-16)14-18-20(47-34)13-19(36)25(35)23(18)24-17(29(38)42)12-21-27(26(24)37)46-28-30(43)39-15-40-31(28)45-21/h4-6,8-9,12-13,15,22H,7,10-11,14H2,1-3H3,(H2,38,42)(H,39,40,43)/t22-,34-/m0/s1. The molecule has 48 heavy (non-hydrogen) atoms. The van der Waals surface area contributed by atoms with E-state index in [1.165, 1.54) is 0 Å². The van der Waals surface area contributed by atoms with Crippen LogP contribution in [-0.2, 0) is 16.8 Å². The summed E-state index contributed by atoms with van der Waals surface area (Å²) in [7, 11) is 0. The molecule has 0 aliphatic carbocycles. The summed E-state index contributed by atoms with van der Waals surface area (Å²) in [6, 6.07) is 10.7. The molecule has 1 aromatic heterocycles. The molecule has 14 heteroatoms. The average Bonchev–Trinajstić information content (AvgIpc) is 3.68. The summed E-state index contributed by atoms with van der Waals surface area (Å²) in [5.74, 6) is -4.71. The molecule has 0 radical (unpaired) electrons. The van der Waals surface area contributed by atoms with Gasteiger partial charge in [0.25, 0.3) is 17.2 Å². The number of aromatic nitrogens is 2. The normalized spacial score (nSPS) is 19.4. The van der Waals surface area contributed by atoms with Crippen molar-refractivity contribution >= 4 is 23.6 Å². The lowest BCUT2D eigenvalue weighted by molar-refractivity contribution is -0.0216. The number of carbonyl (C=O) groups excluding carboxylic acids is 2. The Morgan fingerprint density at radius 1 is 1.10 bits per heavy atom. The number of ether oxygens (including phenoxy) is 4. The summed E-state index contributed by atoms with van der Waals surface area (Å²) in [6.07, 6.45) is 1.67. The minimum atomic E-state index is -1.29. The molecule has 7 rings (SSSR count). The van der Waals surface area contributed by atoms with Gasteiger partial charge < -0.3 is 34.6 Å². The number of carbonyl (C=O) groups is 2. The van der Waals surface area contributed by atoms with Crippen molar-refractivity contribution in [2.24, 2.45) is 5.73 Å². The molecule has 0 unspecified atom stereocenters. The Bertz CT molecular complexity index is 2070. The molecule has 1 fully saturated rings. The van der Waals surface area contributed by atoms with Crippen LogP contribution < -0.4 is 25.5 Å². The highest BCUT2D eigenvalue weighted by molar-refractivity contribution is 6.34. The van der Waals surface area contributed by atoms with Gasteiger partial charge in [-0.25, -0.2) is 18.6 Å². The van der Waals surface area contributed by atoms with Crippen LogP contribution in [0.4, 0.5) is 13.6 Å². The maximum atomic E-state index is 16.8. The molecule has 0 bridgehead atoms. The number of aromatic amines is 1. The van der Waals surface area contributed by atoms with E-state index in [1.807, 2.05) is 30.3 Å². The zero-order valence-corrected chi connectivity index (χ0v) is 26.7. The van der Waals surface area contributed by atoms with E-state index in [4.69, 9.17) is 36.3 Å². The number of hydrogen-bond acceptors (Lipinski definition) is 8. The molecule has 248 valence electrons. The monoisotopic (exact) mass is 678 g/mol. The Morgan fingerprint density at radius 2 is 1.85 bits per heavy atom. The lowest BCUT2D eigenvalue weighted by atomic mass is 9.79. The maximum Gasteiger partial charge on any atom is 0.410 e. The van der Waals surface area contributed by atoms with Crippen molar-refractivity contribution in [1.29, 1.82) is 0 Å². The number of benzene rings is 3. The SMILES string of the molecule is CC(C)(C)OC(=O)N1CCC[C@H]1[C@@]1(c2ccccc2)Cc2c(cc(F)c(Cl)c2-c2c(C(N)=O)cc3c(c2F)Oc2c(nc[nH]c2=O)O3)O1. The molecule has 2 atom stereocenters. The van der Waals surface area contributed by atoms with Crippen molar-refractivity contribution in [2.75, 3.05) is 6.54 Å². The van der Waals surface area contributed by atoms with Crippen molar-refractivity contribution in [3.8, 4) is 40.0 Å². The summed E-state index contributed by atoms with van der Waals surface area (Å²) in [6.45, 7) is 5.69. The Morgan fingerprint density at radius 3 is 2.56 bits per heavy atom. The van der Waals surface area contributed by atoms with E-state index < -0.39 is 74.1 Å². The Kier molecular flexibility index (Phi) is 7.35. The predicted octanol–water partition coefficient (Wildman–Crippen LogP) is 6.60. The summed E-state index contributed by atoms with van der Waals surface area (Å²) in [5, 5.41) is -0.505. The lowest BCUT2D eigenvalue weighted by Gasteiger charge is -2.40. The third kappa shape index (κ3) is 5.00. The number of nitrogens with zero attached hydrogens (tertiary/aromatic N) is 2. The number of primary amides is 1. The van der Waals surface area contributed by atoms with Gasteiger partial charge in [-0.05, 0) is 45.2 Å². The number of hydrogen-bond donors (Lipinski definition) is 2. The molecule has 11 nitrogen and oxygen atoms in total. The van der Waals surface area contributed by atoms with Crippen LogP contribution in [0.3, 0.4) is 0 Å². The average molecular weight is 679 g/mol. The fraction of sp³-hybridized carbons (Fsp3) is 0.294. The van der Waals surface area contributed by atoms with Crippen LogP contribution in [0, 0.1) is 11.6 Å². The van der Waals surface area contributed by atoms with Crippen LogP contribution in [0.25, 0.3) is 11.1 Å². The van der Waals surface area contributed by atoms with Gasteiger partial charge in [0, 0.05) is 35.7 Å². The molecule has 0 spiro atoms. The summed E-state index contributed by atoms with van der Waals surface area (Å²) < 4.78 is 56.2. The van der Waals surface area contributed by atoms with Crippen LogP contribution in [-0.4, -0.2) is 45.1 Å². The number of halogens is 3. The molecule has 3 aromatic carbocycles. The number of rotatable bonds is 4. The van der Waals surface area contributed by atoms with E-state index in [-0.39, 0.29) is 34.9 Å². The topological polar surface area (TPSA) is 146 Å². The minimum Gasteiger partial charge on any atom is -0.480 e. The Hall–Kier alpha value is -5.17. The lowest BCUT2D eigenvalue weighted by Crippen LogP contribution is -2.53. The van der Waals surface area contributed by atoms with Crippen LogP contribution >= 0.6 is 11.6 Å². The highest BCUT2D eigenvalue weighted by atomic mass is 35.5. The van der Waals surface area contributed by atoms with E-state index in [0.29, 0.717) is 24.9 Å². The summed E-state index contributed by atoms with van der Waals surface area (Å²) in [5.41, 5.74) is 2.81. The first-order valence-electron chi connectivity index (χ1n) is 15.1. The fourth-order valence-electron chi connectivity index (χ4n) is 6.67. The molecular formula is C34H29ClF2N4O7. The molecule has 1 saturated heterocycles. The first-order chi connectivity index (χ1) is 22.8. The third-order valence-corrected chi connectivity index (χ3v) is 8.96. The minimum absolute atomic E-state index is 0.00977. The second-order valence-corrected chi connectivity index (χ2v) is 13.1. The van der Waals surface area contributed by atoms with Gasteiger partial charge in [0.1, 0.15) is 17.2 Å². The zero-order chi connectivity index (χ0) is 34.1. The number of H-pyrrole nitrogens is 1. The highest BCUT2D eigenvalue weighted by Gasteiger charge is 2.54. The second-order valence-electron chi connectivity index (χ2n) is 12.8. The zero-order valence-electron chi connectivity index (χ0n) is 26.0. The van der Waals surface area contributed by atoms with Crippen LogP contribution in [0.5, 0.6) is 28.9 Å². The van der Waals surface area contributed by atoms with Gasteiger partial charge in [-0.2, -0.15) is 0 Å². The van der Waals surface area contributed by atoms with Gasteiger partial charge >= 0.3 is 6.09 Å². The predicted molar refractivity (Wildman–Crippen MR) is 169 cm³/mol. The van der Waals surface area contributed by atoms with Crippen molar-refractivity contribution < 1.29 is 37.3 Å². The molecule has 2 amide bonds. The highest BCUT2D eigenvalue weighted by Crippen LogP contribution is 2.55. The Labute approximate surface area is 277 Å². The van der Waals surface area contributed by atoms with Gasteiger partial charge in [0.2, 0.25) is 11.7 Å². The van der Waals surface area contributed by atoms with Gasteiger partial charge in [-0.3, -0.25) is 9.59 Å². The van der Waals surface area contributed by atoms with E-state index >= 15 is 8.78 Å². The number of amides is 2. The smallest absolute Gasteiger partial charge is 0.410 e. The summed E-state index contributed by atoms with van der Waals surface area (Å²) in [4.78, 5) is 46.6. The van der Waals surface area contributed by atoms with E-state index in [0.717, 1.165) is 18.5 Å². The number of nitrogens with one attached hydrogen (secondary N) is 1. The van der Waals surface area contributed by atoms with E-state index in [1.54, 1.807) is 25.7 Å². The first-order valence-corrected chi connectivity index (χ1v) is 15.5. The van der Waals surface area contributed by atoms with Crippen LogP contribution in [0.15, 0.2) is 53.6 Å². The summed E-state index contributed by atoms with van der Waals surface area (Å²) >= 11 is 6.63. The largest absolute Gasteiger partial charge is 0.480 e. The molecule has 3 N–H and O–H groups in total. The van der Waals surface area contributed by atoms with Gasteiger partial charge in [-0.15, -0.1) is 0 Å². The van der Waals surface area contributed by atoms with Crippen LogP contribution in [0.2, 0.25) is 5.02 Å². The van der Waals surface area contributed by atoms with Gasteiger partial charge in [0.15, 0.2) is 17.2 Å². The van der Waals surface area contributed by atoms with E-state index in [2.05, 4.69) is 9.97 Å². The molecular weight excluding hydrogens is 650 g/mol. The van der Waals surface area contributed by atoms with Gasteiger partial charge in [-0.1, -0.05) is 41.9 Å². The molecule has 4 heterocycles. The quantitative estimate of drug-likeness (QED) is 0.216. The third-order valence-electron chi connectivity index (χ3n) is 8.59. The van der Waals surface area contributed by atoms with Crippen molar-refractivity contribution in [2.45, 2.75) is 57.3 Å². The van der Waals surface area contributed by atoms with E-state index in [9.17, 15) is 14.4 Å². The molecule has 0 saturated carbocycles. The first kappa shape index (κ1) is 31.4. The number of likely N-dealkylation sites (tertiary alicyclic amines) is 1. The van der Waals surface area contributed by atoms with Crippen molar-refractivity contribution in [3.63, 3.8) is 0 Å². The molecule has 3 aliphatic rings. The van der Waals surface area contributed by atoms with Gasteiger partial charge in [0.05, 0.1) is 23.0 Å². The number of fused-ring (bicyclic) bond motifs is 3. The van der Waals surface area contributed by atoms with Crippen molar-refractivity contribution in [1.82, 2.24) is 14.9 Å². The fourth-order valence-corrected chi connectivity index (χ4v) is 6.93. The van der Waals surface area contributed by atoms with Crippen molar-refractivity contribution in [3.05, 3.63) is 92.5 Å². The molecule has 4 aromatic rings.